The van der Waals surface area contributed by atoms with E-state index in [0.717, 1.165) is 0 Å². The molecule has 0 amide bonds. The van der Waals surface area contributed by atoms with Gasteiger partial charge < -0.3 is 14.7 Å². The molecule has 2 heterocycles. The Morgan fingerprint density at radius 3 is 3.00 bits per heavy atom. The lowest BCUT2D eigenvalue weighted by Crippen LogP contribution is -2.06. The van der Waals surface area contributed by atoms with Crippen molar-refractivity contribution in [3.05, 3.63) is 40.6 Å². The Balaban J connectivity index is 2.30. The SMILES string of the molecule is CCOc1cccc(C(=O)c2c[nH]c(=S)[nH]2)n1. The van der Waals surface area contributed by atoms with E-state index < -0.39 is 0 Å². The number of aromatic amines is 2. The highest BCUT2D eigenvalue weighted by atomic mass is 32.1. The standard InChI is InChI=1S/C11H11N3O2S/c1-2-16-9-5-3-4-7(13-9)10(15)8-6-12-11(17)14-8/h3-6H,2H2,1H3,(H2,12,14,17). The molecule has 0 unspecified atom stereocenters. The fourth-order valence-electron chi connectivity index (χ4n) is 1.36. The second-order valence-corrected chi connectivity index (χ2v) is 3.69. The quantitative estimate of drug-likeness (QED) is 0.643. The van der Waals surface area contributed by atoms with Crippen molar-refractivity contribution in [2.75, 3.05) is 6.61 Å². The molecule has 2 aromatic heterocycles. The number of nitrogens with zero attached hydrogens (tertiary/aromatic N) is 1. The molecule has 6 heteroatoms. The minimum atomic E-state index is -0.223. The second kappa shape index (κ2) is 4.92. The first kappa shape index (κ1) is 11.5. The van der Waals surface area contributed by atoms with Gasteiger partial charge in [0.1, 0.15) is 11.4 Å². The van der Waals surface area contributed by atoms with Crippen molar-refractivity contribution in [2.45, 2.75) is 6.92 Å². The minimum absolute atomic E-state index is 0.223. The Hall–Kier alpha value is -1.95. The molecular formula is C11H11N3O2S. The van der Waals surface area contributed by atoms with E-state index in [4.69, 9.17) is 17.0 Å². The summed E-state index contributed by atoms with van der Waals surface area (Å²) in [7, 11) is 0. The molecule has 2 aromatic rings. The molecule has 0 atom stereocenters. The zero-order chi connectivity index (χ0) is 12.3. The predicted octanol–water partition coefficient (Wildman–Crippen LogP) is 2.10. The summed E-state index contributed by atoms with van der Waals surface area (Å²) in [6, 6.07) is 5.07. The number of hydrogen-bond acceptors (Lipinski definition) is 4. The van der Waals surface area contributed by atoms with Gasteiger partial charge in [-0.2, -0.15) is 0 Å². The Bertz CT molecular complexity index is 588. The molecule has 0 aliphatic heterocycles. The lowest BCUT2D eigenvalue weighted by atomic mass is 10.2. The summed E-state index contributed by atoms with van der Waals surface area (Å²) < 4.78 is 5.65. The molecule has 2 rings (SSSR count). The maximum atomic E-state index is 12.0. The third-order valence-electron chi connectivity index (χ3n) is 2.09. The van der Waals surface area contributed by atoms with Gasteiger partial charge in [0.25, 0.3) is 0 Å². The summed E-state index contributed by atoms with van der Waals surface area (Å²) in [6.45, 7) is 2.37. The Kier molecular flexibility index (Phi) is 3.34. The number of ether oxygens (including phenoxy) is 1. The van der Waals surface area contributed by atoms with Gasteiger partial charge in [0.2, 0.25) is 11.7 Å². The van der Waals surface area contributed by atoms with Crippen molar-refractivity contribution < 1.29 is 9.53 Å². The molecule has 0 fully saturated rings. The number of carbonyl (C=O) groups excluding carboxylic acids is 1. The van der Waals surface area contributed by atoms with Gasteiger partial charge in [-0.3, -0.25) is 4.79 Å². The van der Waals surface area contributed by atoms with Gasteiger partial charge in [0, 0.05) is 12.3 Å². The van der Waals surface area contributed by atoms with Crippen molar-refractivity contribution >= 4 is 18.0 Å². The number of ketones is 1. The number of hydrogen-bond donors (Lipinski definition) is 2. The zero-order valence-corrected chi connectivity index (χ0v) is 10.0. The summed E-state index contributed by atoms with van der Waals surface area (Å²) in [4.78, 5) is 21.6. The molecule has 17 heavy (non-hydrogen) atoms. The molecule has 0 saturated heterocycles. The average molecular weight is 249 g/mol. The normalized spacial score (nSPS) is 10.2. The van der Waals surface area contributed by atoms with Crippen LogP contribution in [0.3, 0.4) is 0 Å². The van der Waals surface area contributed by atoms with Crippen LogP contribution in [-0.4, -0.2) is 27.3 Å². The highest BCUT2D eigenvalue weighted by Crippen LogP contribution is 2.10. The summed E-state index contributed by atoms with van der Waals surface area (Å²) in [5, 5.41) is 0. The van der Waals surface area contributed by atoms with Crippen LogP contribution in [0.5, 0.6) is 5.88 Å². The Morgan fingerprint density at radius 2 is 2.35 bits per heavy atom. The molecule has 88 valence electrons. The zero-order valence-electron chi connectivity index (χ0n) is 9.19. The first-order valence-electron chi connectivity index (χ1n) is 5.13. The van der Waals surface area contributed by atoms with Gasteiger partial charge in [-0.05, 0) is 25.2 Å². The lowest BCUT2D eigenvalue weighted by molar-refractivity contribution is 0.102. The number of aromatic nitrogens is 3. The topological polar surface area (TPSA) is 70.8 Å². The lowest BCUT2D eigenvalue weighted by Gasteiger charge is -2.03. The molecule has 5 nitrogen and oxygen atoms in total. The van der Waals surface area contributed by atoms with Crippen molar-refractivity contribution in [1.29, 1.82) is 0 Å². The van der Waals surface area contributed by atoms with Gasteiger partial charge in [0.15, 0.2) is 4.77 Å². The Morgan fingerprint density at radius 1 is 1.53 bits per heavy atom. The van der Waals surface area contributed by atoms with E-state index in [9.17, 15) is 4.79 Å². The second-order valence-electron chi connectivity index (χ2n) is 3.28. The first-order valence-corrected chi connectivity index (χ1v) is 5.53. The number of imidazole rings is 1. The van der Waals surface area contributed by atoms with Crippen LogP contribution in [0.15, 0.2) is 24.4 Å². The van der Waals surface area contributed by atoms with E-state index in [1.165, 1.54) is 6.20 Å². The smallest absolute Gasteiger partial charge is 0.229 e. The molecule has 0 bridgehead atoms. The molecule has 0 aliphatic rings. The van der Waals surface area contributed by atoms with Crippen LogP contribution >= 0.6 is 12.2 Å². The molecule has 0 spiro atoms. The van der Waals surface area contributed by atoms with Crippen LogP contribution in [0.1, 0.15) is 23.1 Å². The molecule has 0 radical (unpaired) electrons. The highest BCUT2D eigenvalue weighted by molar-refractivity contribution is 7.71. The summed E-state index contributed by atoms with van der Waals surface area (Å²) in [6.07, 6.45) is 1.53. The molecule has 0 aromatic carbocycles. The minimum Gasteiger partial charge on any atom is -0.478 e. The third-order valence-corrected chi connectivity index (χ3v) is 2.31. The molecule has 2 N–H and O–H groups in total. The Labute approximate surface area is 103 Å². The van der Waals surface area contributed by atoms with Crippen LogP contribution in [0.4, 0.5) is 0 Å². The highest BCUT2D eigenvalue weighted by Gasteiger charge is 2.12. The average Bonchev–Trinajstić information content (AvgIpc) is 2.76. The van der Waals surface area contributed by atoms with E-state index >= 15 is 0 Å². The van der Waals surface area contributed by atoms with E-state index in [1.54, 1.807) is 18.2 Å². The summed E-state index contributed by atoms with van der Waals surface area (Å²) in [5.74, 6) is 0.214. The van der Waals surface area contributed by atoms with Crippen molar-refractivity contribution in [1.82, 2.24) is 15.0 Å². The number of pyridine rings is 1. The van der Waals surface area contributed by atoms with Gasteiger partial charge in [-0.15, -0.1) is 0 Å². The predicted molar refractivity (Wildman–Crippen MR) is 64.8 cm³/mol. The number of rotatable bonds is 4. The number of carbonyl (C=O) groups is 1. The summed E-state index contributed by atoms with van der Waals surface area (Å²) in [5.41, 5.74) is 0.706. The van der Waals surface area contributed by atoms with Gasteiger partial charge in [-0.25, -0.2) is 4.98 Å². The van der Waals surface area contributed by atoms with Crippen LogP contribution in [0, 0.1) is 4.77 Å². The van der Waals surface area contributed by atoms with Crippen LogP contribution < -0.4 is 4.74 Å². The maximum absolute atomic E-state index is 12.0. The number of H-pyrrole nitrogens is 2. The monoisotopic (exact) mass is 249 g/mol. The van der Waals surface area contributed by atoms with Gasteiger partial charge in [-0.1, -0.05) is 6.07 Å². The molecular weight excluding hydrogens is 238 g/mol. The van der Waals surface area contributed by atoms with E-state index in [1.807, 2.05) is 6.92 Å². The van der Waals surface area contributed by atoms with Gasteiger partial charge in [0.05, 0.1) is 6.61 Å². The van der Waals surface area contributed by atoms with E-state index in [-0.39, 0.29) is 5.78 Å². The third kappa shape index (κ3) is 2.59. The van der Waals surface area contributed by atoms with E-state index in [2.05, 4.69) is 15.0 Å². The maximum Gasteiger partial charge on any atom is 0.229 e. The molecule has 0 aliphatic carbocycles. The van der Waals surface area contributed by atoms with Crippen molar-refractivity contribution in [3.63, 3.8) is 0 Å². The fraction of sp³-hybridized carbons (Fsp3) is 0.182. The fourth-order valence-corrected chi connectivity index (χ4v) is 1.53. The van der Waals surface area contributed by atoms with Crippen molar-refractivity contribution in [3.8, 4) is 5.88 Å². The van der Waals surface area contributed by atoms with E-state index in [0.29, 0.717) is 28.6 Å². The van der Waals surface area contributed by atoms with Crippen LogP contribution in [0.25, 0.3) is 0 Å². The van der Waals surface area contributed by atoms with Crippen LogP contribution in [0.2, 0.25) is 0 Å². The molecule has 0 saturated carbocycles. The van der Waals surface area contributed by atoms with Gasteiger partial charge >= 0.3 is 0 Å². The largest absolute Gasteiger partial charge is 0.478 e. The van der Waals surface area contributed by atoms with Crippen molar-refractivity contribution in [2.24, 2.45) is 0 Å². The summed E-state index contributed by atoms with van der Waals surface area (Å²) >= 11 is 4.86. The van der Waals surface area contributed by atoms with Crippen LogP contribution in [-0.2, 0) is 0 Å². The number of nitrogens with one attached hydrogen (secondary N) is 2. The first-order chi connectivity index (χ1) is 8.20.